The summed E-state index contributed by atoms with van der Waals surface area (Å²) in [5.74, 6) is -1.15. The molecule has 2 aromatic carbocycles. The molecule has 0 spiro atoms. The van der Waals surface area contributed by atoms with Crippen LogP contribution in [0.15, 0.2) is 53.7 Å². The molecule has 10 heteroatoms. The number of carbonyl (C=O) groups is 2. The van der Waals surface area contributed by atoms with Crippen LogP contribution in [0.3, 0.4) is 0 Å². The number of nitro benzene ring substituents is 1. The molecule has 2 aromatic rings. The number of carbonyl (C=O) groups excluding carboxylic acids is 2. The van der Waals surface area contributed by atoms with Crippen LogP contribution in [0.4, 0.5) is 17.1 Å². The van der Waals surface area contributed by atoms with Crippen LogP contribution in [0.5, 0.6) is 0 Å². The molecule has 0 aromatic heterocycles. The van der Waals surface area contributed by atoms with Crippen molar-refractivity contribution in [2.75, 3.05) is 17.2 Å². The van der Waals surface area contributed by atoms with E-state index in [1.807, 2.05) is 0 Å². The minimum atomic E-state index is -0.666. The van der Waals surface area contributed by atoms with Gasteiger partial charge in [-0.15, -0.1) is 0 Å². The van der Waals surface area contributed by atoms with Crippen molar-refractivity contribution in [2.45, 2.75) is 0 Å². The molecule has 134 valence electrons. The molecule has 26 heavy (non-hydrogen) atoms. The summed E-state index contributed by atoms with van der Waals surface area (Å²) in [6.07, 6.45) is 0.811. The van der Waals surface area contributed by atoms with Gasteiger partial charge in [-0.1, -0.05) is 28.9 Å². The SMILES string of the molecule is O=C(/C=N\OCC(=O)Nc1cccc(Cl)c1)Nc1cccc([N+](=O)[O-])c1. The Morgan fingerprint density at radius 3 is 2.54 bits per heavy atom. The Morgan fingerprint density at radius 2 is 1.85 bits per heavy atom. The smallest absolute Gasteiger partial charge is 0.271 e. The third-order valence-corrected chi connectivity index (χ3v) is 3.11. The highest BCUT2D eigenvalue weighted by atomic mass is 35.5. The first-order valence-electron chi connectivity index (χ1n) is 7.20. The Morgan fingerprint density at radius 1 is 1.15 bits per heavy atom. The molecule has 0 aliphatic rings. The lowest BCUT2D eigenvalue weighted by Crippen LogP contribution is -2.18. The van der Waals surface area contributed by atoms with Crippen molar-refractivity contribution in [3.05, 3.63) is 63.7 Å². The first kappa shape index (κ1) is 18.9. The summed E-state index contributed by atoms with van der Waals surface area (Å²) in [4.78, 5) is 38.1. The van der Waals surface area contributed by atoms with E-state index in [-0.39, 0.29) is 11.4 Å². The molecule has 2 N–H and O–H groups in total. The van der Waals surface area contributed by atoms with E-state index in [4.69, 9.17) is 16.4 Å². The monoisotopic (exact) mass is 376 g/mol. The molecule has 0 unspecified atom stereocenters. The number of rotatable bonds is 7. The predicted octanol–water partition coefficient (Wildman–Crippen LogP) is 2.83. The molecule has 0 aliphatic heterocycles. The second-order valence-electron chi connectivity index (χ2n) is 4.86. The molecule has 0 fully saturated rings. The number of nitro groups is 1. The van der Waals surface area contributed by atoms with Crippen molar-refractivity contribution in [1.82, 2.24) is 0 Å². The second-order valence-corrected chi connectivity index (χ2v) is 5.30. The van der Waals surface area contributed by atoms with Crippen LogP contribution in [-0.4, -0.2) is 29.6 Å². The molecule has 0 saturated heterocycles. The highest BCUT2D eigenvalue weighted by molar-refractivity contribution is 6.31. The van der Waals surface area contributed by atoms with Gasteiger partial charge in [0.1, 0.15) is 6.21 Å². The van der Waals surface area contributed by atoms with Crippen molar-refractivity contribution >= 4 is 46.7 Å². The van der Waals surface area contributed by atoms with E-state index >= 15 is 0 Å². The number of nitrogens with one attached hydrogen (secondary N) is 2. The summed E-state index contributed by atoms with van der Waals surface area (Å²) in [6, 6.07) is 12.0. The van der Waals surface area contributed by atoms with Gasteiger partial charge in [0.15, 0.2) is 6.61 Å². The zero-order chi connectivity index (χ0) is 18.9. The second kappa shape index (κ2) is 9.14. The van der Waals surface area contributed by atoms with Crippen LogP contribution in [0, 0.1) is 10.1 Å². The van der Waals surface area contributed by atoms with Gasteiger partial charge >= 0.3 is 0 Å². The lowest BCUT2D eigenvalue weighted by Gasteiger charge is -2.04. The number of benzene rings is 2. The van der Waals surface area contributed by atoms with E-state index in [9.17, 15) is 19.7 Å². The lowest BCUT2D eigenvalue weighted by molar-refractivity contribution is -0.384. The fourth-order valence-corrected chi connectivity index (χ4v) is 2.01. The Kier molecular flexibility index (Phi) is 6.63. The lowest BCUT2D eigenvalue weighted by atomic mass is 10.3. The van der Waals surface area contributed by atoms with Crippen molar-refractivity contribution in [2.24, 2.45) is 5.16 Å². The third-order valence-electron chi connectivity index (χ3n) is 2.87. The van der Waals surface area contributed by atoms with E-state index < -0.39 is 23.3 Å². The quantitative estimate of drug-likeness (QED) is 0.437. The minimum absolute atomic E-state index is 0.159. The molecule has 9 nitrogen and oxygen atoms in total. The fraction of sp³-hybridized carbons (Fsp3) is 0.0625. The van der Waals surface area contributed by atoms with Crippen LogP contribution in [0.1, 0.15) is 0 Å². The van der Waals surface area contributed by atoms with Gasteiger partial charge in [0.05, 0.1) is 4.92 Å². The van der Waals surface area contributed by atoms with Crippen molar-refractivity contribution in [1.29, 1.82) is 0 Å². The van der Waals surface area contributed by atoms with E-state index in [1.54, 1.807) is 24.3 Å². The summed E-state index contributed by atoms with van der Waals surface area (Å²) < 4.78 is 0. The summed E-state index contributed by atoms with van der Waals surface area (Å²) in [7, 11) is 0. The van der Waals surface area contributed by atoms with Gasteiger partial charge < -0.3 is 15.5 Å². The summed E-state index contributed by atoms with van der Waals surface area (Å²) in [6.45, 7) is -0.410. The Balaban J connectivity index is 1.77. The number of halogens is 1. The standard InChI is InChI=1S/C16H13ClN4O5/c17-11-3-1-4-12(7-11)20-16(23)10-26-18-9-15(22)19-13-5-2-6-14(8-13)21(24)25/h1-9H,10H2,(H,19,22)(H,20,23)/b18-9-. The van der Waals surface area contributed by atoms with Gasteiger partial charge in [0.25, 0.3) is 17.5 Å². The van der Waals surface area contributed by atoms with Crippen LogP contribution in [-0.2, 0) is 14.4 Å². The third kappa shape index (κ3) is 6.21. The molecule has 0 saturated carbocycles. The minimum Gasteiger partial charge on any atom is -0.385 e. The van der Waals surface area contributed by atoms with Crippen molar-refractivity contribution in [3.63, 3.8) is 0 Å². The van der Waals surface area contributed by atoms with Gasteiger partial charge in [-0.3, -0.25) is 19.7 Å². The zero-order valence-electron chi connectivity index (χ0n) is 13.2. The maximum atomic E-state index is 11.6. The van der Waals surface area contributed by atoms with Gasteiger partial charge in [-0.25, -0.2) is 0 Å². The van der Waals surface area contributed by atoms with Crippen LogP contribution < -0.4 is 10.6 Å². The van der Waals surface area contributed by atoms with E-state index in [1.165, 1.54) is 24.3 Å². The number of amides is 2. The predicted molar refractivity (Wildman–Crippen MR) is 96.3 cm³/mol. The molecule has 0 bridgehead atoms. The molecule has 2 amide bonds. The topological polar surface area (TPSA) is 123 Å². The van der Waals surface area contributed by atoms with Crippen molar-refractivity contribution in [3.8, 4) is 0 Å². The molecular formula is C16H13ClN4O5. The Bertz CT molecular complexity index is 856. The zero-order valence-corrected chi connectivity index (χ0v) is 14.0. The van der Waals surface area contributed by atoms with E-state index in [0.29, 0.717) is 10.7 Å². The maximum Gasteiger partial charge on any atom is 0.271 e. The number of hydrogen-bond acceptors (Lipinski definition) is 6. The summed E-state index contributed by atoms with van der Waals surface area (Å²) >= 11 is 5.80. The van der Waals surface area contributed by atoms with Crippen molar-refractivity contribution < 1.29 is 19.3 Å². The van der Waals surface area contributed by atoms with Gasteiger partial charge in [-0.05, 0) is 24.3 Å². The highest BCUT2D eigenvalue weighted by Gasteiger charge is 2.07. The van der Waals surface area contributed by atoms with E-state index in [0.717, 1.165) is 6.21 Å². The first-order chi connectivity index (χ1) is 12.4. The average molecular weight is 377 g/mol. The molecule has 0 radical (unpaired) electrons. The average Bonchev–Trinajstić information content (AvgIpc) is 2.59. The number of oxime groups is 1. The first-order valence-corrected chi connectivity index (χ1v) is 7.58. The number of non-ortho nitro benzene ring substituents is 1. The molecular weight excluding hydrogens is 364 g/mol. The van der Waals surface area contributed by atoms with Crippen LogP contribution >= 0.6 is 11.6 Å². The molecule has 0 heterocycles. The highest BCUT2D eigenvalue weighted by Crippen LogP contribution is 2.16. The Hall–Kier alpha value is -3.46. The summed E-state index contributed by atoms with van der Waals surface area (Å²) in [5.41, 5.74) is 0.571. The van der Waals surface area contributed by atoms with Crippen LogP contribution in [0.25, 0.3) is 0 Å². The number of anilines is 2. The van der Waals surface area contributed by atoms with Gasteiger partial charge in [-0.2, -0.15) is 0 Å². The number of nitrogens with zero attached hydrogens (tertiary/aromatic N) is 2. The van der Waals surface area contributed by atoms with Gasteiger partial charge in [0.2, 0.25) is 0 Å². The molecule has 0 atom stereocenters. The maximum absolute atomic E-state index is 11.6. The fourth-order valence-electron chi connectivity index (χ4n) is 1.82. The van der Waals surface area contributed by atoms with Crippen LogP contribution in [0.2, 0.25) is 5.02 Å². The molecule has 2 rings (SSSR count). The summed E-state index contributed by atoms with van der Waals surface area (Å²) in [5, 5.41) is 19.4. The normalized spacial score (nSPS) is 10.3. The molecule has 0 aliphatic carbocycles. The Labute approximate surface area is 152 Å². The largest absolute Gasteiger partial charge is 0.385 e. The van der Waals surface area contributed by atoms with E-state index in [2.05, 4.69) is 15.8 Å². The number of hydrogen-bond donors (Lipinski definition) is 2. The van der Waals surface area contributed by atoms with Gasteiger partial charge in [0, 0.05) is 28.5 Å².